The largest absolute Gasteiger partial charge is 0.452 e. The molecule has 0 aromatic rings. The number of hydrogen-bond acceptors (Lipinski definition) is 4. The van der Waals surface area contributed by atoms with Gasteiger partial charge in [-0.1, -0.05) is 0 Å². The molecule has 2 aliphatic rings. The first kappa shape index (κ1) is 10.2. The lowest BCUT2D eigenvalue weighted by Gasteiger charge is -2.31. The second-order valence-corrected chi connectivity index (χ2v) is 4.40. The molecule has 2 bridgehead atoms. The zero-order valence-electron chi connectivity index (χ0n) is 8.75. The fourth-order valence-corrected chi connectivity index (χ4v) is 2.86. The third-order valence-electron chi connectivity index (χ3n) is 3.62. The second-order valence-electron chi connectivity index (χ2n) is 4.40. The van der Waals surface area contributed by atoms with Gasteiger partial charge in [-0.2, -0.15) is 5.26 Å². The molecule has 2 aliphatic carbocycles. The Morgan fingerprint density at radius 2 is 2.40 bits per heavy atom. The van der Waals surface area contributed by atoms with Crippen molar-refractivity contribution in [2.75, 3.05) is 7.11 Å². The van der Waals surface area contributed by atoms with Gasteiger partial charge in [0.1, 0.15) is 5.54 Å². The molecule has 0 heterocycles. The minimum Gasteiger partial charge on any atom is -0.452 e. The van der Waals surface area contributed by atoms with Crippen molar-refractivity contribution in [3.8, 4) is 6.07 Å². The van der Waals surface area contributed by atoms with E-state index in [-0.39, 0.29) is 0 Å². The van der Waals surface area contributed by atoms with Crippen LogP contribution in [0.5, 0.6) is 0 Å². The maximum Gasteiger partial charge on any atom is 0.421 e. The monoisotopic (exact) mass is 209 g/mol. The average Bonchev–Trinajstić information content (AvgIpc) is 2.86. The predicted octanol–water partition coefficient (Wildman–Crippen LogP) is 0.929. The lowest BCUT2D eigenvalue weighted by molar-refractivity contribution is 0.152. The molecule has 0 aromatic heterocycles. The normalized spacial score (nSPS) is 37.3. The van der Waals surface area contributed by atoms with E-state index in [1.54, 1.807) is 0 Å². The standard InChI is InChI=1S/C10H15N3O2/c1-15-9(14)12-13-10(6-11)5-7-2-3-8(10)4-7/h7-8,13H,2-5H2,1H3,(H,12,14). The molecular weight excluding hydrogens is 194 g/mol. The van der Waals surface area contributed by atoms with Gasteiger partial charge in [-0.3, -0.25) is 5.43 Å². The van der Waals surface area contributed by atoms with E-state index in [4.69, 9.17) is 0 Å². The second kappa shape index (κ2) is 3.70. The van der Waals surface area contributed by atoms with Crippen LogP contribution in [0.1, 0.15) is 25.7 Å². The number of carbonyl (C=O) groups excluding carboxylic acids is 1. The first-order valence-corrected chi connectivity index (χ1v) is 5.22. The summed E-state index contributed by atoms with van der Waals surface area (Å²) in [6, 6.07) is 2.31. The Balaban J connectivity index is 1.99. The first-order valence-electron chi connectivity index (χ1n) is 5.22. The van der Waals surface area contributed by atoms with Gasteiger partial charge in [-0.25, -0.2) is 10.2 Å². The molecule has 82 valence electrons. The molecule has 2 N–H and O–H groups in total. The number of hydrazine groups is 1. The van der Waals surface area contributed by atoms with Crippen molar-refractivity contribution in [3.63, 3.8) is 0 Å². The van der Waals surface area contributed by atoms with Gasteiger partial charge in [0.15, 0.2) is 0 Å². The molecule has 5 heteroatoms. The number of hydrogen-bond donors (Lipinski definition) is 2. The van der Waals surface area contributed by atoms with Crippen LogP contribution >= 0.6 is 0 Å². The summed E-state index contributed by atoms with van der Waals surface area (Å²) in [5.41, 5.74) is 4.69. The lowest BCUT2D eigenvalue weighted by atomic mass is 9.83. The van der Waals surface area contributed by atoms with Crippen molar-refractivity contribution in [1.29, 1.82) is 5.26 Å². The average molecular weight is 209 g/mol. The highest BCUT2D eigenvalue weighted by Gasteiger charge is 2.51. The van der Waals surface area contributed by atoms with Gasteiger partial charge < -0.3 is 4.74 Å². The van der Waals surface area contributed by atoms with Gasteiger partial charge in [-0.15, -0.1) is 0 Å². The van der Waals surface area contributed by atoms with Crippen LogP contribution in [-0.4, -0.2) is 18.7 Å². The van der Waals surface area contributed by atoms with Gasteiger partial charge in [0.2, 0.25) is 0 Å². The fraction of sp³-hybridized carbons (Fsp3) is 0.800. The first-order chi connectivity index (χ1) is 7.20. The summed E-state index contributed by atoms with van der Waals surface area (Å²) in [7, 11) is 1.30. The van der Waals surface area contributed by atoms with E-state index in [1.165, 1.54) is 13.5 Å². The number of nitriles is 1. The summed E-state index contributed by atoms with van der Waals surface area (Å²) in [6.45, 7) is 0. The summed E-state index contributed by atoms with van der Waals surface area (Å²) >= 11 is 0. The number of rotatable bonds is 2. The van der Waals surface area contributed by atoms with E-state index in [2.05, 4.69) is 21.7 Å². The minimum absolute atomic E-state index is 0.365. The Morgan fingerprint density at radius 1 is 1.60 bits per heavy atom. The number of ether oxygens (including phenoxy) is 1. The predicted molar refractivity (Wildman–Crippen MR) is 52.5 cm³/mol. The Hall–Kier alpha value is -1.28. The van der Waals surface area contributed by atoms with Crippen LogP contribution in [-0.2, 0) is 4.74 Å². The Labute approximate surface area is 88.7 Å². The highest BCUT2D eigenvalue weighted by atomic mass is 16.5. The highest BCUT2D eigenvalue weighted by Crippen LogP contribution is 2.50. The van der Waals surface area contributed by atoms with Crippen molar-refractivity contribution in [3.05, 3.63) is 0 Å². The van der Waals surface area contributed by atoms with E-state index in [0.717, 1.165) is 19.3 Å². The molecule has 2 saturated carbocycles. The summed E-state index contributed by atoms with van der Waals surface area (Å²) in [5, 5.41) is 9.22. The van der Waals surface area contributed by atoms with E-state index in [1.807, 2.05) is 0 Å². The van der Waals surface area contributed by atoms with Gasteiger partial charge in [0.25, 0.3) is 0 Å². The Morgan fingerprint density at radius 3 is 2.87 bits per heavy atom. The molecule has 0 aliphatic heterocycles. The number of carbonyl (C=O) groups is 1. The smallest absolute Gasteiger partial charge is 0.421 e. The third-order valence-corrected chi connectivity index (χ3v) is 3.62. The van der Waals surface area contributed by atoms with Crippen LogP contribution in [0.15, 0.2) is 0 Å². The molecule has 0 saturated heterocycles. The number of amides is 1. The van der Waals surface area contributed by atoms with Gasteiger partial charge in [0, 0.05) is 0 Å². The third kappa shape index (κ3) is 1.65. The van der Waals surface area contributed by atoms with Gasteiger partial charge in [0.05, 0.1) is 13.2 Å². The van der Waals surface area contributed by atoms with Crippen LogP contribution in [0, 0.1) is 23.2 Å². The van der Waals surface area contributed by atoms with Crippen molar-refractivity contribution in [1.82, 2.24) is 10.9 Å². The summed E-state index contributed by atoms with van der Waals surface area (Å²) < 4.78 is 4.46. The molecule has 3 atom stereocenters. The highest BCUT2D eigenvalue weighted by molar-refractivity contribution is 5.66. The Bertz CT molecular complexity index is 312. The topological polar surface area (TPSA) is 74.2 Å². The van der Waals surface area contributed by atoms with Crippen molar-refractivity contribution < 1.29 is 9.53 Å². The zero-order valence-corrected chi connectivity index (χ0v) is 8.75. The van der Waals surface area contributed by atoms with Gasteiger partial charge in [-0.05, 0) is 37.5 Å². The fourth-order valence-electron chi connectivity index (χ4n) is 2.86. The molecule has 1 amide bonds. The number of nitrogens with one attached hydrogen (secondary N) is 2. The molecule has 0 radical (unpaired) electrons. The molecular formula is C10H15N3O2. The quantitative estimate of drug-likeness (QED) is 0.663. The van der Waals surface area contributed by atoms with E-state index >= 15 is 0 Å². The molecule has 0 aromatic carbocycles. The summed E-state index contributed by atoms with van der Waals surface area (Å²) in [6.07, 6.45) is 3.68. The van der Waals surface area contributed by atoms with Crippen molar-refractivity contribution in [2.24, 2.45) is 11.8 Å². The van der Waals surface area contributed by atoms with Crippen molar-refractivity contribution in [2.45, 2.75) is 31.2 Å². The summed E-state index contributed by atoms with van der Waals surface area (Å²) in [4.78, 5) is 10.9. The van der Waals surface area contributed by atoms with Crippen LogP contribution < -0.4 is 10.9 Å². The molecule has 3 unspecified atom stereocenters. The van der Waals surface area contributed by atoms with Crippen LogP contribution in [0.4, 0.5) is 4.79 Å². The zero-order chi connectivity index (χ0) is 10.9. The van der Waals surface area contributed by atoms with E-state index < -0.39 is 11.6 Å². The lowest BCUT2D eigenvalue weighted by Crippen LogP contribution is -2.56. The minimum atomic E-state index is -0.572. The van der Waals surface area contributed by atoms with E-state index in [9.17, 15) is 10.1 Å². The number of nitrogens with zero attached hydrogens (tertiary/aromatic N) is 1. The molecule has 2 fully saturated rings. The number of fused-ring (bicyclic) bond motifs is 2. The van der Waals surface area contributed by atoms with Crippen LogP contribution in [0.2, 0.25) is 0 Å². The molecule has 0 spiro atoms. The number of methoxy groups -OCH3 is 1. The van der Waals surface area contributed by atoms with Crippen molar-refractivity contribution >= 4 is 6.09 Å². The van der Waals surface area contributed by atoms with Gasteiger partial charge >= 0.3 is 6.09 Å². The van der Waals surface area contributed by atoms with Crippen LogP contribution in [0.3, 0.4) is 0 Å². The maximum absolute atomic E-state index is 10.9. The maximum atomic E-state index is 10.9. The Kier molecular flexibility index (Phi) is 2.53. The van der Waals surface area contributed by atoms with Crippen LogP contribution in [0.25, 0.3) is 0 Å². The summed E-state index contributed by atoms with van der Waals surface area (Å²) in [5.74, 6) is 1.01. The molecule has 2 rings (SSSR count). The SMILES string of the molecule is COC(=O)NNC1(C#N)CC2CCC1C2. The molecule has 15 heavy (non-hydrogen) atoms. The van der Waals surface area contributed by atoms with E-state index in [0.29, 0.717) is 11.8 Å². The molecule has 5 nitrogen and oxygen atoms in total.